The summed E-state index contributed by atoms with van der Waals surface area (Å²) in [5, 5.41) is 16.3. The number of hydrogen-bond donors (Lipinski definition) is 2. The zero-order chi connectivity index (χ0) is 14.0. The Morgan fingerprint density at radius 3 is 2.74 bits per heavy atom. The number of aryl methyl sites for hydroxylation is 2. The van der Waals surface area contributed by atoms with E-state index in [0.717, 1.165) is 10.7 Å². The molecular weight excluding hydrogens is 268 g/mol. The molecule has 0 spiro atoms. The lowest BCUT2D eigenvalue weighted by molar-refractivity contribution is -0.385. The predicted molar refractivity (Wildman–Crippen MR) is 70.8 cm³/mol. The van der Waals surface area contributed by atoms with Gasteiger partial charge in [-0.05, 0) is 13.0 Å². The normalized spacial score (nSPS) is 10.5. The van der Waals surface area contributed by atoms with Crippen molar-refractivity contribution in [1.82, 2.24) is 14.8 Å². The summed E-state index contributed by atoms with van der Waals surface area (Å²) in [5.74, 6) is 5.50. The number of nitrogens with two attached hydrogens (primary N) is 1. The first-order valence-corrected chi connectivity index (χ1v) is 6.13. The van der Waals surface area contributed by atoms with Gasteiger partial charge < -0.3 is 5.43 Å². The zero-order valence-corrected chi connectivity index (χ0v) is 11.1. The smallest absolute Gasteiger partial charge is 0.275 e. The summed E-state index contributed by atoms with van der Waals surface area (Å²) >= 11 is 1.29. The third kappa shape index (κ3) is 3.01. The quantitative estimate of drug-likeness (QED) is 0.495. The van der Waals surface area contributed by atoms with Crippen LogP contribution in [0.5, 0.6) is 0 Å². The van der Waals surface area contributed by atoms with Crippen LogP contribution in [0.15, 0.2) is 28.3 Å². The predicted octanol–water partition coefficient (Wildman–Crippen LogP) is 1.47. The fraction of sp³-hybridized carbons (Fsp3) is 0.200. The molecule has 3 N–H and O–H groups in total. The van der Waals surface area contributed by atoms with Crippen molar-refractivity contribution in [3.63, 3.8) is 0 Å². The van der Waals surface area contributed by atoms with Gasteiger partial charge in [0, 0.05) is 13.1 Å². The van der Waals surface area contributed by atoms with E-state index >= 15 is 0 Å². The van der Waals surface area contributed by atoms with Gasteiger partial charge in [0.15, 0.2) is 0 Å². The molecule has 0 aliphatic rings. The van der Waals surface area contributed by atoms with E-state index in [1.165, 1.54) is 23.9 Å². The van der Waals surface area contributed by atoms with Crippen LogP contribution < -0.4 is 11.3 Å². The molecule has 9 heteroatoms. The average Bonchev–Trinajstić information content (AvgIpc) is 2.67. The minimum Gasteiger partial charge on any atom is -0.308 e. The third-order valence-corrected chi connectivity index (χ3v) is 3.32. The molecule has 2 heterocycles. The highest BCUT2D eigenvalue weighted by molar-refractivity contribution is 7.99. The summed E-state index contributed by atoms with van der Waals surface area (Å²) < 4.78 is 1.69. The van der Waals surface area contributed by atoms with Crippen LogP contribution in [0.4, 0.5) is 11.5 Å². The molecule has 0 aromatic carbocycles. The highest BCUT2D eigenvalue weighted by Gasteiger charge is 2.13. The standard InChI is InChI=1S/C10H12N6O2S/c1-6-3-10(15(2)14-6)19-9-5-7(16(17)18)4-8(12-9)13-11/h3-5H,11H2,1-2H3,(H,12,13). The largest absolute Gasteiger partial charge is 0.308 e. The minimum atomic E-state index is -0.485. The second-order valence-corrected chi connectivity index (χ2v) is 4.84. The van der Waals surface area contributed by atoms with Gasteiger partial charge in [0.25, 0.3) is 5.69 Å². The van der Waals surface area contributed by atoms with Crippen molar-refractivity contribution in [2.45, 2.75) is 17.0 Å². The van der Waals surface area contributed by atoms with E-state index in [1.807, 2.05) is 13.0 Å². The Balaban J connectivity index is 2.36. The summed E-state index contributed by atoms with van der Waals surface area (Å²) in [7, 11) is 1.80. The number of nitro groups is 1. The monoisotopic (exact) mass is 280 g/mol. The number of nitrogen functional groups attached to an aromatic ring is 1. The lowest BCUT2D eigenvalue weighted by atomic mass is 10.4. The lowest BCUT2D eigenvalue weighted by Gasteiger charge is -2.04. The molecule has 2 aromatic rings. The molecule has 0 amide bonds. The highest BCUT2D eigenvalue weighted by Crippen LogP contribution is 2.30. The van der Waals surface area contributed by atoms with Gasteiger partial charge in [-0.1, -0.05) is 11.8 Å². The van der Waals surface area contributed by atoms with Crippen LogP contribution in [0.3, 0.4) is 0 Å². The van der Waals surface area contributed by atoms with Crippen molar-refractivity contribution in [1.29, 1.82) is 0 Å². The van der Waals surface area contributed by atoms with Crippen molar-refractivity contribution in [2.24, 2.45) is 12.9 Å². The Morgan fingerprint density at radius 1 is 1.47 bits per heavy atom. The Morgan fingerprint density at radius 2 is 2.21 bits per heavy atom. The van der Waals surface area contributed by atoms with E-state index in [4.69, 9.17) is 5.84 Å². The summed E-state index contributed by atoms with van der Waals surface area (Å²) in [6.45, 7) is 1.87. The van der Waals surface area contributed by atoms with Crippen LogP contribution in [0.1, 0.15) is 5.69 Å². The van der Waals surface area contributed by atoms with Gasteiger partial charge in [-0.15, -0.1) is 0 Å². The maximum Gasteiger partial charge on any atom is 0.275 e. The van der Waals surface area contributed by atoms with E-state index in [0.29, 0.717) is 5.03 Å². The van der Waals surface area contributed by atoms with E-state index in [1.54, 1.807) is 11.7 Å². The number of hydrazine groups is 1. The van der Waals surface area contributed by atoms with Crippen molar-refractivity contribution in [3.8, 4) is 0 Å². The molecule has 19 heavy (non-hydrogen) atoms. The van der Waals surface area contributed by atoms with Gasteiger partial charge in [-0.25, -0.2) is 10.8 Å². The number of rotatable bonds is 4. The van der Waals surface area contributed by atoms with Crippen LogP contribution >= 0.6 is 11.8 Å². The Kier molecular flexibility index (Phi) is 3.67. The summed E-state index contributed by atoms with van der Waals surface area (Å²) in [5.41, 5.74) is 3.12. The van der Waals surface area contributed by atoms with Crippen LogP contribution in [0, 0.1) is 17.0 Å². The first-order valence-electron chi connectivity index (χ1n) is 5.31. The summed E-state index contributed by atoms with van der Waals surface area (Å²) in [6.07, 6.45) is 0. The molecule has 0 atom stereocenters. The number of hydrogen-bond acceptors (Lipinski definition) is 7. The van der Waals surface area contributed by atoms with Gasteiger partial charge >= 0.3 is 0 Å². The summed E-state index contributed by atoms with van der Waals surface area (Å²) in [6, 6.07) is 4.55. The first-order chi connectivity index (χ1) is 8.99. The third-order valence-electron chi connectivity index (χ3n) is 2.31. The minimum absolute atomic E-state index is 0.0654. The van der Waals surface area contributed by atoms with Gasteiger partial charge in [0.2, 0.25) is 0 Å². The Labute approximate surface area is 113 Å². The number of anilines is 1. The molecule has 0 aliphatic heterocycles. The number of nitrogens with zero attached hydrogens (tertiary/aromatic N) is 4. The molecule has 0 bridgehead atoms. The van der Waals surface area contributed by atoms with E-state index in [2.05, 4.69) is 15.5 Å². The SMILES string of the molecule is Cc1cc(Sc2cc([N+](=O)[O-])cc(NN)n2)n(C)n1. The molecular formula is C10H12N6O2S. The maximum atomic E-state index is 10.8. The lowest BCUT2D eigenvalue weighted by Crippen LogP contribution is -2.09. The average molecular weight is 280 g/mol. The van der Waals surface area contributed by atoms with Crippen LogP contribution in [-0.2, 0) is 7.05 Å². The fourth-order valence-electron chi connectivity index (χ4n) is 1.51. The van der Waals surface area contributed by atoms with Gasteiger partial charge in [-0.3, -0.25) is 14.8 Å². The van der Waals surface area contributed by atoms with E-state index < -0.39 is 4.92 Å². The number of aromatic nitrogens is 3. The number of pyridine rings is 1. The van der Waals surface area contributed by atoms with Crippen LogP contribution in [-0.4, -0.2) is 19.7 Å². The topological polar surface area (TPSA) is 112 Å². The van der Waals surface area contributed by atoms with Crippen LogP contribution in [0.2, 0.25) is 0 Å². The molecule has 8 nitrogen and oxygen atoms in total. The molecule has 0 saturated heterocycles. The molecule has 0 radical (unpaired) electrons. The number of nitrogens with one attached hydrogen (secondary N) is 1. The van der Waals surface area contributed by atoms with Crippen molar-refractivity contribution >= 4 is 23.3 Å². The van der Waals surface area contributed by atoms with Crippen molar-refractivity contribution in [3.05, 3.63) is 34.0 Å². The molecule has 0 fully saturated rings. The first kappa shape index (κ1) is 13.3. The second kappa shape index (κ2) is 5.24. The molecule has 2 aromatic heterocycles. The second-order valence-electron chi connectivity index (χ2n) is 3.80. The Bertz CT molecular complexity index is 626. The molecule has 0 saturated carbocycles. The fourth-order valence-corrected chi connectivity index (χ4v) is 2.45. The molecule has 0 unspecified atom stereocenters. The zero-order valence-electron chi connectivity index (χ0n) is 10.3. The molecule has 0 aliphatic carbocycles. The van der Waals surface area contributed by atoms with Crippen molar-refractivity contribution in [2.75, 3.05) is 5.43 Å². The van der Waals surface area contributed by atoms with Crippen LogP contribution in [0.25, 0.3) is 0 Å². The maximum absolute atomic E-state index is 10.8. The van der Waals surface area contributed by atoms with Gasteiger partial charge in [-0.2, -0.15) is 5.10 Å². The van der Waals surface area contributed by atoms with E-state index in [9.17, 15) is 10.1 Å². The summed E-state index contributed by atoms with van der Waals surface area (Å²) in [4.78, 5) is 14.5. The van der Waals surface area contributed by atoms with Gasteiger partial charge in [0.1, 0.15) is 15.9 Å². The van der Waals surface area contributed by atoms with Gasteiger partial charge in [0.05, 0.1) is 16.7 Å². The van der Waals surface area contributed by atoms with E-state index in [-0.39, 0.29) is 11.5 Å². The Hall–Kier alpha value is -2.13. The molecule has 100 valence electrons. The molecule has 2 rings (SSSR count). The highest BCUT2D eigenvalue weighted by atomic mass is 32.2. The van der Waals surface area contributed by atoms with Crippen molar-refractivity contribution < 1.29 is 4.92 Å².